The normalized spacial score (nSPS) is 12.9. The summed E-state index contributed by atoms with van der Waals surface area (Å²) in [5.74, 6) is 0.919. The summed E-state index contributed by atoms with van der Waals surface area (Å²) in [4.78, 5) is 6.77. The third-order valence-corrected chi connectivity index (χ3v) is 3.93. The highest BCUT2D eigenvalue weighted by atomic mass is 127. The highest BCUT2D eigenvalue weighted by Crippen LogP contribution is 2.00. The highest BCUT2D eigenvalue weighted by molar-refractivity contribution is 14.0. The third-order valence-electron chi connectivity index (χ3n) is 3.93. The SMILES string of the molecule is CCN(CC)CCCC(C)NC(=NC)NCCCCCOC.I. The van der Waals surface area contributed by atoms with Crippen LogP contribution in [0.1, 0.15) is 52.9 Å². The monoisotopic (exact) mass is 442 g/mol. The van der Waals surface area contributed by atoms with Crippen LogP contribution in [0.2, 0.25) is 0 Å². The van der Waals surface area contributed by atoms with Crippen LogP contribution in [0.25, 0.3) is 0 Å². The van der Waals surface area contributed by atoms with E-state index in [1.807, 2.05) is 7.05 Å². The molecule has 0 aliphatic heterocycles. The van der Waals surface area contributed by atoms with Crippen molar-refractivity contribution in [1.29, 1.82) is 0 Å². The molecule has 0 heterocycles. The molecule has 0 aromatic carbocycles. The minimum atomic E-state index is 0. The molecule has 140 valence electrons. The molecule has 0 aliphatic rings. The summed E-state index contributed by atoms with van der Waals surface area (Å²) in [5.41, 5.74) is 0. The number of ether oxygens (including phenoxy) is 1. The topological polar surface area (TPSA) is 48.9 Å². The Morgan fingerprint density at radius 2 is 1.83 bits per heavy atom. The zero-order valence-corrected chi connectivity index (χ0v) is 18.2. The maximum absolute atomic E-state index is 5.05. The Labute approximate surface area is 161 Å². The molecule has 0 aromatic rings. The second-order valence-corrected chi connectivity index (χ2v) is 5.77. The van der Waals surface area contributed by atoms with Gasteiger partial charge in [-0.25, -0.2) is 0 Å². The minimum Gasteiger partial charge on any atom is -0.385 e. The number of nitrogens with zero attached hydrogens (tertiary/aromatic N) is 2. The largest absolute Gasteiger partial charge is 0.385 e. The number of unbranched alkanes of at least 4 members (excludes halogenated alkanes) is 2. The van der Waals surface area contributed by atoms with E-state index in [4.69, 9.17) is 4.74 Å². The summed E-state index contributed by atoms with van der Waals surface area (Å²) >= 11 is 0. The average Bonchev–Trinajstić information content (AvgIpc) is 2.53. The molecule has 0 aliphatic carbocycles. The zero-order valence-electron chi connectivity index (χ0n) is 15.9. The van der Waals surface area contributed by atoms with Crippen LogP contribution < -0.4 is 10.6 Å². The van der Waals surface area contributed by atoms with Crippen molar-refractivity contribution in [3.05, 3.63) is 0 Å². The molecule has 0 bridgehead atoms. The lowest BCUT2D eigenvalue weighted by Gasteiger charge is -2.21. The summed E-state index contributed by atoms with van der Waals surface area (Å²) in [6, 6.07) is 0.454. The summed E-state index contributed by atoms with van der Waals surface area (Å²) < 4.78 is 5.05. The van der Waals surface area contributed by atoms with Crippen molar-refractivity contribution in [1.82, 2.24) is 15.5 Å². The summed E-state index contributed by atoms with van der Waals surface area (Å²) in [6.07, 6.45) is 5.87. The third kappa shape index (κ3) is 15.2. The van der Waals surface area contributed by atoms with Crippen molar-refractivity contribution in [2.45, 2.75) is 58.9 Å². The maximum atomic E-state index is 5.05. The van der Waals surface area contributed by atoms with Crippen molar-refractivity contribution < 1.29 is 4.74 Å². The number of nitrogens with one attached hydrogen (secondary N) is 2. The van der Waals surface area contributed by atoms with Gasteiger partial charge in [0.2, 0.25) is 0 Å². The van der Waals surface area contributed by atoms with Crippen LogP contribution in [0, 0.1) is 0 Å². The fraction of sp³-hybridized carbons (Fsp3) is 0.941. The summed E-state index contributed by atoms with van der Waals surface area (Å²) in [5, 5.41) is 6.86. The van der Waals surface area contributed by atoms with Gasteiger partial charge < -0.3 is 20.3 Å². The fourth-order valence-electron chi connectivity index (χ4n) is 2.42. The van der Waals surface area contributed by atoms with Gasteiger partial charge in [0.25, 0.3) is 0 Å². The smallest absolute Gasteiger partial charge is 0.191 e. The Morgan fingerprint density at radius 3 is 2.39 bits per heavy atom. The number of hydrogen-bond donors (Lipinski definition) is 2. The Balaban J connectivity index is 0. The molecule has 0 rings (SSSR count). The quantitative estimate of drug-likeness (QED) is 0.199. The van der Waals surface area contributed by atoms with E-state index in [9.17, 15) is 0 Å². The Bertz CT molecular complexity index is 273. The zero-order chi connectivity index (χ0) is 16.6. The molecule has 0 saturated carbocycles. The van der Waals surface area contributed by atoms with E-state index in [2.05, 4.69) is 41.3 Å². The summed E-state index contributed by atoms with van der Waals surface area (Å²) in [6.45, 7) is 12.0. The van der Waals surface area contributed by atoms with E-state index in [0.29, 0.717) is 6.04 Å². The molecule has 0 aromatic heterocycles. The predicted molar refractivity (Wildman–Crippen MR) is 112 cm³/mol. The van der Waals surface area contributed by atoms with Crippen LogP contribution in [-0.4, -0.2) is 63.8 Å². The van der Waals surface area contributed by atoms with Crippen molar-refractivity contribution in [3.63, 3.8) is 0 Å². The van der Waals surface area contributed by atoms with Crippen LogP contribution >= 0.6 is 24.0 Å². The average molecular weight is 442 g/mol. The molecule has 2 N–H and O–H groups in total. The number of aliphatic imine (C=N–C) groups is 1. The Hall–Kier alpha value is -0.0800. The first-order valence-corrected chi connectivity index (χ1v) is 8.86. The molecule has 6 heteroatoms. The van der Waals surface area contributed by atoms with Crippen LogP contribution in [0.15, 0.2) is 4.99 Å². The molecule has 0 fully saturated rings. The second-order valence-electron chi connectivity index (χ2n) is 5.77. The van der Waals surface area contributed by atoms with Gasteiger partial charge in [-0.05, 0) is 58.7 Å². The fourth-order valence-corrected chi connectivity index (χ4v) is 2.42. The molecule has 1 unspecified atom stereocenters. The predicted octanol–water partition coefficient (Wildman–Crippen LogP) is 3.10. The molecule has 5 nitrogen and oxygen atoms in total. The van der Waals surface area contributed by atoms with E-state index in [1.54, 1.807) is 7.11 Å². The lowest BCUT2D eigenvalue weighted by atomic mass is 10.2. The number of methoxy groups -OCH3 is 1. The first kappa shape index (κ1) is 25.2. The van der Waals surface area contributed by atoms with E-state index in [1.165, 1.54) is 25.8 Å². The Morgan fingerprint density at radius 1 is 1.13 bits per heavy atom. The molecule has 0 spiro atoms. The van der Waals surface area contributed by atoms with E-state index >= 15 is 0 Å². The molecular formula is C17H39IN4O. The van der Waals surface area contributed by atoms with Gasteiger partial charge in [0.15, 0.2) is 5.96 Å². The van der Waals surface area contributed by atoms with Gasteiger partial charge in [-0.1, -0.05) is 13.8 Å². The first-order chi connectivity index (χ1) is 10.7. The number of hydrogen-bond acceptors (Lipinski definition) is 3. The van der Waals surface area contributed by atoms with Crippen LogP contribution in [-0.2, 0) is 4.74 Å². The van der Waals surface area contributed by atoms with Crippen molar-refractivity contribution in [3.8, 4) is 0 Å². The van der Waals surface area contributed by atoms with Crippen molar-refractivity contribution in [2.24, 2.45) is 4.99 Å². The lowest BCUT2D eigenvalue weighted by molar-refractivity contribution is 0.192. The standard InChI is InChI=1S/C17H38N4O.HI/c1-6-21(7-2)14-11-12-16(3)20-17(18-4)19-13-9-8-10-15-22-5;/h16H,6-15H2,1-5H3,(H2,18,19,20);1H. The lowest BCUT2D eigenvalue weighted by Crippen LogP contribution is -2.42. The van der Waals surface area contributed by atoms with Crippen molar-refractivity contribution in [2.75, 3.05) is 46.9 Å². The Kier molecular flexibility index (Phi) is 20.0. The van der Waals surface area contributed by atoms with Crippen molar-refractivity contribution >= 4 is 29.9 Å². The van der Waals surface area contributed by atoms with E-state index in [0.717, 1.165) is 45.0 Å². The molecule has 1 atom stereocenters. The minimum absolute atomic E-state index is 0. The van der Waals surface area contributed by atoms with Gasteiger partial charge in [-0.15, -0.1) is 24.0 Å². The van der Waals surface area contributed by atoms with Crippen LogP contribution in [0.5, 0.6) is 0 Å². The summed E-state index contributed by atoms with van der Waals surface area (Å²) in [7, 11) is 3.59. The number of rotatable bonds is 13. The van der Waals surface area contributed by atoms with Gasteiger partial charge in [-0.3, -0.25) is 4.99 Å². The maximum Gasteiger partial charge on any atom is 0.191 e. The van der Waals surface area contributed by atoms with Gasteiger partial charge in [0.05, 0.1) is 0 Å². The highest BCUT2D eigenvalue weighted by Gasteiger charge is 2.06. The second kappa shape index (κ2) is 18.3. The number of guanidine groups is 1. The van der Waals surface area contributed by atoms with Gasteiger partial charge in [0, 0.05) is 33.4 Å². The molecule has 0 saturated heterocycles. The van der Waals surface area contributed by atoms with Crippen LogP contribution in [0.4, 0.5) is 0 Å². The molecule has 23 heavy (non-hydrogen) atoms. The van der Waals surface area contributed by atoms with Gasteiger partial charge in [0.1, 0.15) is 0 Å². The number of halogens is 1. The first-order valence-electron chi connectivity index (χ1n) is 8.86. The molecule has 0 amide bonds. The molecule has 0 radical (unpaired) electrons. The van der Waals surface area contributed by atoms with Crippen LogP contribution in [0.3, 0.4) is 0 Å². The van der Waals surface area contributed by atoms with E-state index in [-0.39, 0.29) is 24.0 Å². The van der Waals surface area contributed by atoms with Gasteiger partial charge in [-0.2, -0.15) is 0 Å². The van der Waals surface area contributed by atoms with E-state index < -0.39 is 0 Å². The van der Waals surface area contributed by atoms with Gasteiger partial charge >= 0.3 is 0 Å². The molecular weight excluding hydrogens is 403 g/mol.